The normalized spacial score (nSPS) is 10.4. The summed E-state index contributed by atoms with van der Waals surface area (Å²) in [7, 11) is 3.39. The molecule has 1 heterocycles. The number of rotatable bonds is 4. The highest BCUT2D eigenvalue weighted by Crippen LogP contribution is 2.27. The van der Waals surface area contributed by atoms with Gasteiger partial charge in [0.2, 0.25) is 5.95 Å². The van der Waals surface area contributed by atoms with E-state index in [1.54, 1.807) is 21.0 Å². The topological polar surface area (TPSA) is 81.3 Å². The van der Waals surface area contributed by atoms with Gasteiger partial charge in [-0.3, -0.25) is 4.79 Å². The Labute approximate surface area is 129 Å². The van der Waals surface area contributed by atoms with Gasteiger partial charge in [0, 0.05) is 19.7 Å². The second kappa shape index (κ2) is 6.43. The number of hydrogen-bond donors (Lipinski definition) is 1. The fourth-order valence-corrected chi connectivity index (χ4v) is 2.16. The highest BCUT2D eigenvalue weighted by atomic mass is 16.5. The van der Waals surface area contributed by atoms with Gasteiger partial charge in [-0.15, -0.1) is 0 Å². The molecule has 2 rings (SSSR count). The van der Waals surface area contributed by atoms with Crippen LogP contribution < -0.4 is 10.5 Å². The van der Waals surface area contributed by atoms with Gasteiger partial charge in [0.05, 0.1) is 23.6 Å². The molecule has 2 N–H and O–H groups in total. The molecule has 22 heavy (non-hydrogen) atoms. The predicted molar refractivity (Wildman–Crippen MR) is 85.8 cm³/mol. The van der Waals surface area contributed by atoms with E-state index in [0.29, 0.717) is 23.6 Å². The summed E-state index contributed by atoms with van der Waals surface area (Å²) in [4.78, 5) is 22.3. The SMILES string of the molecule is CCOc1ccc(-c2nc(N)nc(C)c2C(=O)N(C)C)cc1. The average molecular weight is 300 g/mol. The van der Waals surface area contributed by atoms with Crippen molar-refractivity contribution in [1.82, 2.24) is 14.9 Å². The van der Waals surface area contributed by atoms with Crippen molar-refractivity contribution in [3.63, 3.8) is 0 Å². The third-order valence-corrected chi connectivity index (χ3v) is 3.17. The zero-order valence-electron chi connectivity index (χ0n) is 13.3. The number of carbonyl (C=O) groups excluding carboxylic acids is 1. The summed E-state index contributed by atoms with van der Waals surface area (Å²) in [6.07, 6.45) is 0. The van der Waals surface area contributed by atoms with Crippen LogP contribution in [0.5, 0.6) is 5.75 Å². The first-order valence-corrected chi connectivity index (χ1v) is 7.03. The largest absolute Gasteiger partial charge is 0.494 e. The Morgan fingerprint density at radius 3 is 2.41 bits per heavy atom. The van der Waals surface area contributed by atoms with Crippen LogP contribution in [0.3, 0.4) is 0 Å². The number of amides is 1. The molecule has 0 aliphatic heterocycles. The first-order valence-electron chi connectivity index (χ1n) is 7.03. The third-order valence-electron chi connectivity index (χ3n) is 3.17. The maximum absolute atomic E-state index is 12.4. The number of benzene rings is 1. The minimum Gasteiger partial charge on any atom is -0.494 e. The van der Waals surface area contributed by atoms with Crippen LogP contribution in [0.4, 0.5) is 5.95 Å². The standard InChI is InChI=1S/C16H20N4O2/c1-5-22-12-8-6-11(7-9-12)14-13(15(21)20(3)4)10(2)18-16(17)19-14/h6-9H,5H2,1-4H3,(H2,17,18,19). The van der Waals surface area contributed by atoms with E-state index in [1.807, 2.05) is 31.2 Å². The lowest BCUT2D eigenvalue weighted by atomic mass is 10.0. The van der Waals surface area contributed by atoms with Crippen molar-refractivity contribution < 1.29 is 9.53 Å². The van der Waals surface area contributed by atoms with Crippen LogP contribution in [-0.2, 0) is 0 Å². The molecule has 0 fully saturated rings. The highest BCUT2D eigenvalue weighted by Gasteiger charge is 2.20. The second-order valence-corrected chi connectivity index (χ2v) is 5.05. The Kier molecular flexibility index (Phi) is 4.60. The van der Waals surface area contributed by atoms with Gasteiger partial charge >= 0.3 is 0 Å². The quantitative estimate of drug-likeness (QED) is 0.935. The summed E-state index contributed by atoms with van der Waals surface area (Å²) >= 11 is 0. The first kappa shape index (κ1) is 15.8. The number of anilines is 1. The number of nitrogens with zero attached hydrogens (tertiary/aromatic N) is 3. The van der Waals surface area contributed by atoms with Crippen molar-refractivity contribution in [3.05, 3.63) is 35.5 Å². The van der Waals surface area contributed by atoms with Gasteiger partial charge in [0.25, 0.3) is 5.91 Å². The molecule has 1 amide bonds. The Balaban J connectivity index is 2.55. The van der Waals surface area contributed by atoms with E-state index in [2.05, 4.69) is 9.97 Å². The molecule has 0 saturated carbocycles. The number of aromatic nitrogens is 2. The van der Waals surface area contributed by atoms with Crippen LogP contribution in [-0.4, -0.2) is 41.5 Å². The maximum atomic E-state index is 12.4. The van der Waals surface area contributed by atoms with Crippen molar-refractivity contribution in [1.29, 1.82) is 0 Å². The smallest absolute Gasteiger partial charge is 0.257 e. The van der Waals surface area contributed by atoms with Crippen molar-refractivity contribution >= 4 is 11.9 Å². The summed E-state index contributed by atoms with van der Waals surface area (Å²) in [5.41, 5.74) is 8.11. The van der Waals surface area contributed by atoms with Gasteiger partial charge in [-0.05, 0) is 38.1 Å². The number of carbonyl (C=O) groups is 1. The molecule has 1 aromatic heterocycles. The summed E-state index contributed by atoms with van der Waals surface area (Å²) in [5, 5.41) is 0. The summed E-state index contributed by atoms with van der Waals surface area (Å²) < 4.78 is 5.43. The lowest BCUT2D eigenvalue weighted by Crippen LogP contribution is -2.24. The van der Waals surface area contributed by atoms with E-state index in [9.17, 15) is 4.79 Å². The maximum Gasteiger partial charge on any atom is 0.257 e. The molecule has 0 aliphatic rings. The van der Waals surface area contributed by atoms with E-state index in [-0.39, 0.29) is 11.9 Å². The first-order chi connectivity index (χ1) is 10.4. The van der Waals surface area contributed by atoms with E-state index in [1.165, 1.54) is 4.90 Å². The van der Waals surface area contributed by atoms with Crippen LogP contribution in [0.25, 0.3) is 11.3 Å². The molecule has 116 valence electrons. The molecule has 0 atom stereocenters. The second-order valence-electron chi connectivity index (χ2n) is 5.05. The number of ether oxygens (including phenoxy) is 1. The molecule has 0 aliphatic carbocycles. The van der Waals surface area contributed by atoms with Gasteiger partial charge in [0.1, 0.15) is 5.75 Å². The number of nitrogen functional groups attached to an aromatic ring is 1. The molecule has 6 heteroatoms. The minimum absolute atomic E-state index is 0.150. The van der Waals surface area contributed by atoms with Crippen LogP contribution in [0.1, 0.15) is 23.0 Å². The molecule has 0 unspecified atom stereocenters. The average Bonchev–Trinajstić information content (AvgIpc) is 2.47. The van der Waals surface area contributed by atoms with Crippen LogP contribution >= 0.6 is 0 Å². The Hall–Kier alpha value is -2.63. The van der Waals surface area contributed by atoms with Crippen LogP contribution in [0, 0.1) is 6.92 Å². The molecule has 0 spiro atoms. The molecule has 2 aromatic rings. The van der Waals surface area contributed by atoms with Crippen molar-refractivity contribution in [2.75, 3.05) is 26.4 Å². The minimum atomic E-state index is -0.151. The van der Waals surface area contributed by atoms with Crippen molar-refractivity contribution in [3.8, 4) is 17.0 Å². The molecule has 6 nitrogen and oxygen atoms in total. The summed E-state index contributed by atoms with van der Waals surface area (Å²) in [6, 6.07) is 7.41. The zero-order chi connectivity index (χ0) is 16.3. The van der Waals surface area contributed by atoms with E-state index < -0.39 is 0 Å². The fourth-order valence-electron chi connectivity index (χ4n) is 2.16. The van der Waals surface area contributed by atoms with Crippen molar-refractivity contribution in [2.45, 2.75) is 13.8 Å². The summed E-state index contributed by atoms with van der Waals surface area (Å²) in [5.74, 6) is 0.767. The predicted octanol–water partition coefficient (Wildman–Crippen LogP) is 2.13. The van der Waals surface area contributed by atoms with Crippen molar-refractivity contribution in [2.24, 2.45) is 0 Å². The highest BCUT2D eigenvalue weighted by molar-refractivity contribution is 6.00. The lowest BCUT2D eigenvalue weighted by Gasteiger charge is -2.16. The Bertz CT molecular complexity index is 681. The van der Waals surface area contributed by atoms with E-state index in [4.69, 9.17) is 10.5 Å². The van der Waals surface area contributed by atoms with Gasteiger partial charge in [-0.25, -0.2) is 9.97 Å². The molecule has 1 aromatic carbocycles. The monoisotopic (exact) mass is 300 g/mol. The van der Waals surface area contributed by atoms with Gasteiger partial charge < -0.3 is 15.4 Å². The lowest BCUT2D eigenvalue weighted by molar-refractivity contribution is 0.0827. The number of hydrogen-bond acceptors (Lipinski definition) is 5. The molecular weight excluding hydrogens is 280 g/mol. The Morgan fingerprint density at radius 1 is 1.23 bits per heavy atom. The van der Waals surface area contributed by atoms with E-state index >= 15 is 0 Å². The fraction of sp³-hybridized carbons (Fsp3) is 0.312. The zero-order valence-corrected chi connectivity index (χ0v) is 13.3. The van der Waals surface area contributed by atoms with Gasteiger partial charge in [-0.1, -0.05) is 0 Å². The van der Waals surface area contributed by atoms with E-state index in [0.717, 1.165) is 11.3 Å². The molecule has 0 bridgehead atoms. The summed E-state index contributed by atoms with van der Waals surface area (Å²) in [6.45, 7) is 4.28. The third kappa shape index (κ3) is 3.16. The Morgan fingerprint density at radius 2 is 1.86 bits per heavy atom. The van der Waals surface area contributed by atoms with Gasteiger partial charge in [0.15, 0.2) is 0 Å². The number of nitrogens with two attached hydrogens (primary N) is 1. The number of aryl methyl sites for hydroxylation is 1. The molecule has 0 radical (unpaired) electrons. The molecule has 0 saturated heterocycles. The molecular formula is C16H20N4O2. The van der Waals surface area contributed by atoms with Gasteiger partial charge in [-0.2, -0.15) is 0 Å². The van der Waals surface area contributed by atoms with Crippen LogP contribution in [0.2, 0.25) is 0 Å². The van der Waals surface area contributed by atoms with Crippen LogP contribution in [0.15, 0.2) is 24.3 Å².